The Morgan fingerprint density at radius 2 is 1.88 bits per heavy atom. The lowest BCUT2D eigenvalue weighted by Crippen LogP contribution is -2.22. The van der Waals surface area contributed by atoms with Crippen LogP contribution in [0.2, 0.25) is 5.02 Å². The van der Waals surface area contributed by atoms with Crippen molar-refractivity contribution in [3.8, 4) is 5.75 Å². The number of carbonyl (C=O) groups is 2. The van der Waals surface area contributed by atoms with Crippen LogP contribution in [-0.4, -0.2) is 30.8 Å². The molecule has 2 aromatic carbocycles. The molecule has 138 valence electrons. The van der Waals surface area contributed by atoms with Gasteiger partial charge in [0.05, 0.1) is 35.2 Å². The highest BCUT2D eigenvalue weighted by Crippen LogP contribution is 2.28. The fourth-order valence-electron chi connectivity index (χ4n) is 2.10. The van der Waals surface area contributed by atoms with E-state index >= 15 is 0 Å². The molecule has 0 saturated carbocycles. The zero-order valence-electron chi connectivity index (χ0n) is 14.7. The number of ether oxygens (including phenoxy) is 2. The van der Waals surface area contributed by atoms with E-state index in [1.807, 2.05) is 31.2 Å². The third-order valence-corrected chi connectivity index (χ3v) is 4.90. The molecule has 0 spiro atoms. The normalized spacial score (nSPS) is 11.5. The molecule has 1 atom stereocenters. The van der Waals surface area contributed by atoms with E-state index in [2.05, 4.69) is 5.32 Å². The fourth-order valence-corrected chi connectivity index (χ4v) is 3.20. The summed E-state index contributed by atoms with van der Waals surface area (Å²) in [6, 6.07) is 12.1. The van der Waals surface area contributed by atoms with Crippen molar-refractivity contribution in [2.75, 3.05) is 19.0 Å². The highest BCUT2D eigenvalue weighted by atomic mass is 35.5. The van der Waals surface area contributed by atoms with Crippen molar-refractivity contribution >= 4 is 40.9 Å². The molecule has 0 fully saturated rings. The van der Waals surface area contributed by atoms with Gasteiger partial charge < -0.3 is 14.8 Å². The second-order valence-electron chi connectivity index (χ2n) is 5.34. The van der Waals surface area contributed by atoms with E-state index in [0.717, 1.165) is 10.6 Å². The number of rotatable bonds is 7. The van der Waals surface area contributed by atoms with E-state index < -0.39 is 5.97 Å². The first-order valence-electron chi connectivity index (χ1n) is 8.02. The fraction of sp³-hybridized carbons (Fsp3) is 0.263. The van der Waals surface area contributed by atoms with Crippen molar-refractivity contribution in [1.82, 2.24) is 0 Å². The van der Waals surface area contributed by atoms with Gasteiger partial charge in [0.2, 0.25) is 5.91 Å². The Balaban J connectivity index is 2.00. The molecule has 0 unspecified atom stereocenters. The Labute approximate surface area is 162 Å². The van der Waals surface area contributed by atoms with Crippen LogP contribution in [0.5, 0.6) is 5.75 Å². The van der Waals surface area contributed by atoms with Crippen molar-refractivity contribution in [3.63, 3.8) is 0 Å². The molecule has 0 saturated heterocycles. The van der Waals surface area contributed by atoms with Crippen LogP contribution in [0.1, 0.15) is 24.2 Å². The molecule has 1 N–H and O–H groups in total. The van der Waals surface area contributed by atoms with Crippen molar-refractivity contribution in [3.05, 3.63) is 53.1 Å². The predicted molar refractivity (Wildman–Crippen MR) is 104 cm³/mol. The maximum absolute atomic E-state index is 12.4. The molecular weight excluding hydrogens is 374 g/mol. The van der Waals surface area contributed by atoms with Crippen LogP contribution < -0.4 is 10.1 Å². The molecule has 5 nitrogen and oxygen atoms in total. The first kappa shape index (κ1) is 20.1. The average Bonchev–Trinajstić information content (AvgIpc) is 2.64. The average molecular weight is 394 g/mol. The number of thioether (sulfide) groups is 1. The molecule has 7 heteroatoms. The van der Waals surface area contributed by atoms with Gasteiger partial charge in [0, 0.05) is 4.90 Å². The van der Waals surface area contributed by atoms with Crippen molar-refractivity contribution < 1.29 is 19.1 Å². The maximum Gasteiger partial charge on any atom is 0.338 e. The van der Waals surface area contributed by atoms with Crippen LogP contribution in [0.3, 0.4) is 0 Å². The van der Waals surface area contributed by atoms with Crippen LogP contribution in [0.15, 0.2) is 47.4 Å². The molecule has 0 aliphatic rings. The number of amides is 1. The first-order chi connectivity index (χ1) is 12.4. The summed E-state index contributed by atoms with van der Waals surface area (Å²) in [6.07, 6.45) is 0. The summed E-state index contributed by atoms with van der Waals surface area (Å²) in [7, 11) is 1.61. The van der Waals surface area contributed by atoms with Gasteiger partial charge >= 0.3 is 5.97 Å². The zero-order valence-corrected chi connectivity index (χ0v) is 16.3. The second-order valence-corrected chi connectivity index (χ2v) is 7.16. The van der Waals surface area contributed by atoms with Gasteiger partial charge in [-0.1, -0.05) is 11.6 Å². The monoisotopic (exact) mass is 393 g/mol. The van der Waals surface area contributed by atoms with E-state index in [0.29, 0.717) is 11.3 Å². The highest BCUT2D eigenvalue weighted by Gasteiger charge is 2.17. The van der Waals surface area contributed by atoms with Gasteiger partial charge in [-0.3, -0.25) is 4.79 Å². The molecule has 0 aliphatic heterocycles. The SMILES string of the molecule is CCOC(=O)c1ccc(NC(=O)[C@@H](C)Sc2ccc(OC)cc2)c(Cl)c1. The number of nitrogens with one attached hydrogen (secondary N) is 1. The van der Waals surface area contributed by atoms with Gasteiger partial charge in [-0.25, -0.2) is 4.79 Å². The molecule has 0 aliphatic carbocycles. The summed E-state index contributed by atoms with van der Waals surface area (Å²) in [4.78, 5) is 25.1. The smallest absolute Gasteiger partial charge is 0.338 e. The Hall–Kier alpha value is -2.18. The number of anilines is 1. The molecule has 2 aromatic rings. The lowest BCUT2D eigenvalue weighted by Gasteiger charge is -2.14. The number of hydrogen-bond acceptors (Lipinski definition) is 5. The third-order valence-electron chi connectivity index (χ3n) is 3.48. The molecule has 0 bridgehead atoms. The summed E-state index contributed by atoms with van der Waals surface area (Å²) in [6.45, 7) is 3.83. The number of methoxy groups -OCH3 is 1. The van der Waals surface area contributed by atoms with Crippen molar-refractivity contribution in [2.24, 2.45) is 0 Å². The number of esters is 1. The largest absolute Gasteiger partial charge is 0.497 e. The molecule has 0 heterocycles. The number of carbonyl (C=O) groups excluding carboxylic acids is 2. The quantitative estimate of drug-likeness (QED) is 0.548. The molecule has 1 amide bonds. The van der Waals surface area contributed by atoms with Gasteiger partial charge in [0.15, 0.2) is 0 Å². The minimum absolute atomic E-state index is 0.184. The molecule has 26 heavy (non-hydrogen) atoms. The van der Waals surface area contributed by atoms with Gasteiger partial charge in [0.25, 0.3) is 0 Å². The molecule has 0 aromatic heterocycles. The van der Waals surface area contributed by atoms with E-state index in [1.54, 1.807) is 26.2 Å². The highest BCUT2D eigenvalue weighted by molar-refractivity contribution is 8.00. The number of benzene rings is 2. The van der Waals surface area contributed by atoms with Gasteiger partial charge in [-0.2, -0.15) is 0 Å². The van der Waals surface area contributed by atoms with Crippen LogP contribution >= 0.6 is 23.4 Å². The topological polar surface area (TPSA) is 64.6 Å². The molecule has 0 radical (unpaired) electrons. The van der Waals surface area contributed by atoms with Crippen LogP contribution in [0, 0.1) is 0 Å². The Morgan fingerprint density at radius 3 is 2.46 bits per heavy atom. The van der Waals surface area contributed by atoms with Crippen molar-refractivity contribution in [1.29, 1.82) is 0 Å². The molecule has 2 rings (SSSR count). The van der Waals surface area contributed by atoms with E-state index in [-0.39, 0.29) is 22.8 Å². The van der Waals surface area contributed by atoms with Crippen molar-refractivity contribution in [2.45, 2.75) is 24.0 Å². The van der Waals surface area contributed by atoms with Crippen LogP contribution in [-0.2, 0) is 9.53 Å². The van der Waals surface area contributed by atoms with Gasteiger partial charge in [0.1, 0.15) is 5.75 Å². The summed E-state index contributed by atoms with van der Waals surface area (Å²) in [5.41, 5.74) is 0.794. The summed E-state index contributed by atoms with van der Waals surface area (Å²) < 4.78 is 10.0. The minimum atomic E-state index is -0.448. The lowest BCUT2D eigenvalue weighted by molar-refractivity contribution is -0.115. The summed E-state index contributed by atoms with van der Waals surface area (Å²) in [5.74, 6) is 0.132. The Kier molecular flexibility index (Phi) is 7.36. The third kappa shape index (κ3) is 5.41. The minimum Gasteiger partial charge on any atom is -0.497 e. The standard InChI is InChI=1S/C19H20ClNO4S/c1-4-25-19(23)13-5-10-17(16(20)11-13)21-18(22)12(2)26-15-8-6-14(24-3)7-9-15/h5-12H,4H2,1-3H3,(H,21,22)/t12-/m1/s1. The zero-order chi connectivity index (χ0) is 19.1. The molecular formula is C19H20ClNO4S. The van der Waals surface area contributed by atoms with E-state index in [4.69, 9.17) is 21.1 Å². The van der Waals surface area contributed by atoms with Gasteiger partial charge in [-0.05, 0) is 56.3 Å². The van der Waals surface area contributed by atoms with Gasteiger partial charge in [-0.15, -0.1) is 11.8 Å². The Morgan fingerprint density at radius 1 is 1.19 bits per heavy atom. The Bertz CT molecular complexity index is 780. The maximum atomic E-state index is 12.4. The van der Waals surface area contributed by atoms with E-state index in [1.165, 1.54) is 17.8 Å². The van der Waals surface area contributed by atoms with Crippen LogP contribution in [0.25, 0.3) is 0 Å². The summed E-state index contributed by atoms with van der Waals surface area (Å²) in [5, 5.41) is 2.74. The van der Waals surface area contributed by atoms with E-state index in [9.17, 15) is 9.59 Å². The number of halogens is 1. The predicted octanol–water partition coefficient (Wildman–Crippen LogP) is 4.64. The second kappa shape index (κ2) is 9.50. The van der Waals surface area contributed by atoms with Crippen LogP contribution in [0.4, 0.5) is 5.69 Å². The summed E-state index contributed by atoms with van der Waals surface area (Å²) >= 11 is 7.60. The first-order valence-corrected chi connectivity index (χ1v) is 9.28. The number of hydrogen-bond donors (Lipinski definition) is 1. The lowest BCUT2D eigenvalue weighted by atomic mass is 10.2.